The average Bonchev–Trinajstić information content (AvgIpc) is 2.70. The molecule has 0 bridgehead atoms. The van der Waals surface area contributed by atoms with Crippen LogP contribution in [0.5, 0.6) is 5.75 Å². The third-order valence-corrected chi connectivity index (χ3v) is 4.97. The molecule has 0 aliphatic carbocycles. The smallest absolute Gasteiger partial charge is 0.227 e. The van der Waals surface area contributed by atoms with Crippen molar-refractivity contribution in [2.24, 2.45) is 0 Å². The number of rotatable bonds is 4. The molecule has 1 aliphatic heterocycles. The van der Waals surface area contributed by atoms with Crippen molar-refractivity contribution < 1.29 is 9.53 Å². The first-order valence-electron chi connectivity index (χ1n) is 8.93. The van der Waals surface area contributed by atoms with E-state index >= 15 is 0 Å². The SMILES string of the molecule is COc1cccc(CC(=O)N2CCN(c3nnc(C)c(C)c3C#N)CC2)c1. The molecular formula is C20H23N5O2. The fraction of sp³-hybridized carbons (Fsp3) is 0.400. The molecule has 3 rings (SSSR count). The number of piperazine rings is 1. The predicted molar refractivity (Wildman–Crippen MR) is 102 cm³/mol. The molecule has 2 aromatic rings. The van der Waals surface area contributed by atoms with Gasteiger partial charge >= 0.3 is 0 Å². The molecule has 1 aromatic heterocycles. The summed E-state index contributed by atoms with van der Waals surface area (Å²) in [6.07, 6.45) is 0.351. The van der Waals surface area contributed by atoms with Crippen LogP contribution in [0.1, 0.15) is 22.4 Å². The highest BCUT2D eigenvalue weighted by atomic mass is 16.5. The Morgan fingerprint density at radius 1 is 1.22 bits per heavy atom. The maximum atomic E-state index is 12.6. The number of aromatic nitrogens is 2. The van der Waals surface area contributed by atoms with Crippen molar-refractivity contribution in [2.75, 3.05) is 38.2 Å². The Balaban J connectivity index is 1.64. The molecular weight excluding hydrogens is 342 g/mol. The number of anilines is 1. The third-order valence-electron chi connectivity index (χ3n) is 4.97. The van der Waals surface area contributed by atoms with Crippen molar-refractivity contribution in [1.29, 1.82) is 5.26 Å². The predicted octanol–water partition coefficient (Wildman–Crippen LogP) is 1.87. The minimum atomic E-state index is 0.0922. The maximum Gasteiger partial charge on any atom is 0.227 e. The summed E-state index contributed by atoms with van der Waals surface area (Å²) >= 11 is 0. The molecule has 1 aromatic carbocycles. The molecule has 0 saturated carbocycles. The Hall–Kier alpha value is -3.14. The summed E-state index contributed by atoms with van der Waals surface area (Å²) in [5, 5.41) is 17.9. The van der Waals surface area contributed by atoms with E-state index in [2.05, 4.69) is 16.3 Å². The van der Waals surface area contributed by atoms with E-state index in [4.69, 9.17) is 4.74 Å². The summed E-state index contributed by atoms with van der Waals surface area (Å²) in [4.78, 5) is 16.5. The van der Waals surface area contributed by atoms with E-state index in [-0.39, 0.29) is 5.91 Å². The van der Waals surface area contributed by atoms with Gasteiger partial charge in [0.25, 0.3) is 0 Å². The Morgan fingerprint density at radius 3 is 2.63 bits per heavy atom. The van der Waals surface area contributed by atoms with E-state index in [0.29, 0.717) is 44.0 Å². The molecule has 0 spiro atoms. The largest absolute Gasteiger partial charge is 0.497 e. The normalized spacial score (nSPS) is 14.0. The van der Waals surface area contributed by atoms with Gasteiger partial charge in [-0.05, 0) is 37.1 Å². The molecule has 1 saturated heterocycles. The van der Waals surface area contributed by atoms with E-state index in [1.54, 1.807) is 7.11 Å². The molecule has 7 nitrogen and oxygen atoms in total. The lowest BCUT2D eigenvalue weighted by atomic mass is 10.1. The number of nitrogens with zero attached hydrogens (tertiary/aromatic N) is 5. The molecule has 140 valence electrons. The first kappa shape index (κ1) is 18.6. The monoisotopic (exact) mass is 365 g/mol. The molecule has 1 aliphatic rings. The average molecular weight is 365 g/mol. The van der Waals surface area contributed by atoms with Gasteiger partial charge in [0.15, 0.2) is 5.82 Å². The van der Waals surface area contributed by atoms with E-state index in [0.717, 1.165) is 22.6 Å². The van der Waals surface area contributed by atoms with E-state index in [9.17, 15) is 10.1 Å². The van der Waals surface area contributed by atoms with Gasteiger partial charge in [0.1, 0.15) is 17.4 Å². The number of amides is 1. The Kier molecular flexibility index (Phi) is 5.55. The van der Waals surface area contributed by atoms with Gasteiger partial charge in [0.05, 0.1) is 19.2 Å². The highest BCUT2D eigenvalue weighted by Gasteiger charge is 2.25. The second-order valence-electron chi connectivity index (χ2n) is 6.62. The third kappa shape index (κ3) is 4.00. The Labute approximate surface area is 159 Å². The lowest BCUT2D eigenvalue weighted by Crippen LogP contribution is -2.49. The van der Waals surface area contributed by atoms with Crippen LogP contribution in [0.3, 0.4) is 0 Å². The van der Waals surface area contributed by atoms with Gasteiger partial charge in [-0.25, -0.2) is 0 Å². The van der Waals surface area contributed by atoms with Crippen LogP contribution in [-0.2, 0) is 11.2 Å². The maximum absolute atomic E-state index is 12.6. The number of benzene rings is 1. The molecule has 0 atom stereocenters. The Bertz CT molecular complexity index is 882. The number of hydrogen-bond acceptors (Lipinski definition) is 6. The van der Waals surface area contributed by atoms with Crippen LogP contribution >= 0.6 is 0 Å². The van der Waals surface area contributed by atoms with Gasteiger partial charge in [-0.2, -0.15) is 10.4 Å². The minimum Gasteiger partial charge on any atom is -0.497 e. The van der Waals surface area contributed by atoms with Crippen LogP contribution < -0.4 is 9.64 Å². The number of carbonyl (C=O) groups excluding carboxylic acids is 1. The molecule has 0 radical (unpaired) electrons. The topological polar surface area (TPSA) is 82.3 Å². The van der Waals surface area contributed by atoms with Gasteiger partial charge in [0.2, 0.25) is 5.91 Å². The lowest BCUT2D eigenvalue weighted by molar-refractivity contribution is -0.130. The summed E-state index contributed by atoms with van der Waals surface area (Å²) in [5.74, 6) is 1.46. The number of nitriles is 1. The zero-order valence-electron chi connectivity index (χ0n) is 15.9. The first-order chi connectivity index (χ1) is 13.0. The molecule has 0 unspecified atom stereocenters. The van der Waals surface area contributed by atoms with Gasteiger partial charge in [-0.3, -0.25) is 4.79 Å². The van der Waals surface area contributed by atoms with Gasteiger partial charge in [-0.15, -0.1) is 5.10 Å². The molecule has 1 amide bonds. The second kappa shape index (κ2) is 8.04. The summed E-state index contributed by atoms with van der Waals surface area (Å²) in [6.45, 7) is 6.21. The number of hydrogen-bond donors (Lipinski definition) is 0. The fourth-order valence-electron chi connectivity index (χ4n) is 3.19. The van der Waals surface area contributed by atoms with Crippen molar-refractivity contribution in [1.82, 2.24) is 15.1 Å². The zero-order valence-corrected chi connectivity index (χ0v) is 15.9. The second-order valence-corrected chi connectivity index (χ2v) is 6.62. The quantitative estimate of drug-likeness (QED) is 0.823. The minimum absolute atomic E-state index is 0.0922. The van der Waals surface area contributed by atoms with Gasteiger partial charge in [-0.1, -0.05) is 12.1 Å². The van der Waals surface area contributed by atoms with Crippen LogP contribution in [-0.4, -0.2) is 54.3 Å². The molecule has 7 heteroatoms. The highest BCUT2D eigenvalue weighted by Crippen LogP contribution is 2.22. The highest BCUT2D eigenvalue weighted by molar-refractivity contribution is 5.79. The summed E-state index contributed by atoms with van der Waals surface area (Å²) in [5.41, 5.74) is 3.13. The van der Waals surface area contributed by atoms with Crippen LogP contribution in [0.2, 0.25) is 0 Å². The van der Waals surface area contributed by atoms with Crippen LogP contribution in [0.4, 0.5) is 5.82 Å². The fourth-order valence-corrected chi connectivity index (χ4v) is 3.19. The van der Waals surface area contributed by atoms with E-state index in [1.807, 2.05) is 47.9 Å². The number of aryl methyl sites for hydroxylation is 1. The molecule has 0 N–H and O–H groups in total. The van der Waals surface area contributed by atoms with Crippen LogP contribution in [0.15, 0.2) is 24.3 Å². The Morgan fingerprint density at radius 2 is 1.96 bits per heavy atom. The summed E-state index contributed by atoms with van der Waals surface area (Å²) in [7, 11) is 1.62. The van der Waals surface area contributed by atoms with Crippen molar-refractivity contribution in [3.8, 4) is 11.8 Å². The van der Waals surface area contributed by atoms with Gasteiger partial charge < -0.3 is 14.5 Å². The van der Waals surface area contributed by atoms with Crippen LogP contribution in [0.25, 0.3) is 0 Å². The summed E-state index contributed by atoms with van der Waals surface area (Å²) < 4.78 is 5.21. The van der Waals surface area contributed by atoms with Gasteiger partial charge in [0, 0.05) is 26.2 Å². The molecule has 27 heavy (non-hydrogen) atoms. The number of carbonyl (C=O) groups is 1. The standard InChI is InChI=1S/C20H23N5O2/c1-14-15(2)22-23-20(18(14)13-21)25-9-7-24(8-10-25)19(26)12-16-5-4-6-17(11-16)27-3/h4-6,11H,7-10,12H2,1-3H3. The summed E-state index contributed by atoms with van der Waals surface area (Å²) in [6, 6.07) is 9.82. The number of ether oxygens (including phenoxy) is 1. The van der Waals surface area contributed by atoms with Crippen molar-refractivity contribution in [3.63, 3.8) is 0 Å². The number of methoxy groups -OCH3 is 1. The van der Waals surface area contributed by atoms with Crippen molar-refractivity contribution >= 4 is 11.7 Å². The molecule has 2 heterocycles. The van der Waals surface area contributed by atoms with E-state index in [1.165, 1.54) is 0 Å². The molecule has 1 fully saturated rings. The van der Waals surface area contributed by atoms with E-state index < -0.39 is 0 Å². The van der Waals surface area contributed by atoms with Crippen molar-refractivity contribution in [3.05, 3.63) is 46.6 Å². The van der Waals surface area contributed by atoms with Crippen molar-refractivity contribution in [2.45, 2.75) is 20.3 Å². The lowest BCUT2D eigenvalue weighted by Gasteiger charge is -2.35. The van der Waals surface area contributed by atoms with Crippen LogP contribution in [0, 0.1) is 25.2 Å². The first-order valence-corrected chi connectivity index (χ1v) is 8.93. The zero-order chi connectivity index (χ0) is 19.4.